The monoisotopic (exact) mass is 753 g/mol. The zero-order valence-corrected chi connectivity index (χ0v) is 33.4. The third-order valence-corrected chi connectivity index (χ3v) is 12.3. The van der Waals surface area contributed by atoms with E-state index in [0.717, 1.165) is 34.6 Å². The van der Waals surface area contributed by atoms with Crippen molar-refractivity contribution in [2.24, 2.45) is 0 Å². The Labute approximate surface area is 348 Å². The summed E-state index contributed by atoms with van der Waals surface area (Å²) in [6, 6.07) is 83.7. The predicted octanol–water partition coefficient (Wildman–Crippen LogP) is 15.8. The largest absolute Gasteiger partial charge is 0.303 e. The van der Waals surface area contributed by atoms with Gasteiger partial charge in [0, 0.05) is 22.4 Å². The lowest BCUT2D eigenvalue weighted by atomic mass is 9.77. The molecule has 0 bridgehead atoms. The van der Waals surface area contributed by atoms with Gasteiger partial charge in [0.1, 0.15) is 0 Å². The van der Waals surface area contributed by atoms with Gasteiger partial charge in [-0.3, -0.25) is 0 Å². The molecule has 1 aliphatic rings. The molecule has 59 heavy (non-hydrogen) atoms. The van der Waals surface area contributed by atoms with Crippen molar-refractivity contribution in [3.8, 4) is 66.8 Å². The van der Waals surface area contributed by atoms with Crippen molar-refractivity contribution in [1.29, 1.82) is 0 Å². The fourth-order valence-corrected chi connectivity index (χ4v) is 8.92. The van der Waals surface area contributed by atoms with Gasteiger partial charge in [0.25, 0.3) is 0 Å². The number of hydrogen-bond acceptors (Lipinski definition) is 1. The van der Waals surface area contributed by atoms with Gasteiger partial charge in [-0.2, -0.15) is 0 Å². The van der Waals surface area contributed by atoms with Crippen molar-refractivity contribution in [2.45, 2.75) is 25.7 Å². The zero-order chi connectivity index (χ0) is 39.8. The van der Waals surface area contributed by atoms with Crippen molar-refractivity contribution in [3.05, 3.63) is 236 Å². The molecule has 0 amide bonds. The number of rotatable bonds is 9. The number of nitrogens with zero attached hydrogens (tertiary/aromatic N) is 1. The first-order chi connectivity index (χ1) is 29.1. The van der Waals surface area contributed by atoms with Crippen LogP contribution >= 0.6 is 0 Å². The molecule has 9 aromatic rings. The molecule has 0 N–H and O–H groups in total. The molecule has 0 spiro atoms. The molecule has 0 aromatic heterocycles. The van der Waals surface area contributed by atoms with E-state index in [4.69, 9.17) is 0 Å². The molecule has 9 aromatic carbocycles. The second-order valence-corrected chi connectivity index (χ2v) is 15.7. The van der Waals surface area contributed by atoms with Crippen LogP contribution < -0.4 is 4.90 Å². The van der Waals surface area contributed by atoms with Gasteiger partial charge < -0.3 is 4.90 Å². The summed E-state index contributed by atoms with van der Waals surface area (Å²) in [4.78, 5) is 2.29. The first kappa shape index (κ1) is 36.0. The van der Waals surface area contributed by atoms with E-state index in [1.165, 1.54) is 66.8 Å². The minimum Gasteiger partial charge on any atom is -0.303 e. The van der Waals surface area contributed by atoms with E-state index in [2.05, 4.69) is 237 Å². The Morgan fingerprint density at radius 3 is 1.56 bits per heavy atom. The second-order valence-electron chi connectivity index (χ2n) is 15.7. The van der Waals surface area contributed by atoms with Crippen molar-refractivity contribution in [2.75, 3.05) is 4.90 Å². The van der Waals surface area contributed by atoms with Gasteiger partial charge in [-0.15, -0.1) is 0 Å². The lowest BCUT2D eigenvalue weighted by molar-refractivity contribution is 0.565. The smallest absolute Gasteiger partial charge is 0.0973 e. The van der Waals surface area contributed by atoms with E-state index in [9.17, 15) is 0 Å². The van der Waals surface area contributed by atoms with Crippen molar-refractivity contribution >= 4 is 17.1 Å². The predicted molar refractivity (Wildman–Crippen MR) is 248 cm³/mol. The van der Waals surface area contributed by atoms with Gasteiger partial charge in [0.2, 0.25) is 0 Å². The maximum absolute atomic E-state index is 3.54. The van der Waals surface area contributed by atoms with E-state index in [1.807, 2.05) is 6.07 Å². The lowest BCUT2D eigenvalue weighted by Gasteiger charge is -2.26. The fraction of sp³-hybridized carbons (Fsp3) is 0.0690. The number of hydrogen-bond donors (Lipinski definition) is 0. The Hall–Kier alpha value is -7.40. The normalized spacial score (nSPS) is 13.9. The summed E-state index contributed by atoms with van der Waals surface area (Å²) in [7, 11) is 0. The molecule has 0 saturated heterocycles. The minimum absolute atomic E-state index is 0.00570. The summed E-state index contributed by atoms with van der Waals surface area (Å²) in [6.45, 7) is 4.71. The number of anilines is 3. The third kappa shape index (κ3) is 6.60. The SMILES string of the molecule is CCC1(C)c2ccccc2-c2ccc(-c3ccc(-c4ccc(N(c5c#cc(-c6ccccc6)cc5)c5ccc(-c6ccccc6)cc5)cc4-c4ccccc4)cc3)cc21. The van der Waals surface area contributed by atoms with E-state index in [0.29, 0.717) is 0 Å². The average molecular weight is 754 g/mol. The van der Waals surface area contributed by atoms with E-state index < -0.39 is 0 Å². The lowest BCUT2D eigenvalue weighted by Crippen LogP contribution is -2.19. The van der Waals surface area contributed by atoms with E-state index in [1.54, 1.807) is 0 Å². The van der Waals surface area contributed by atoms with Gasteiger partial charge in [-0.05, 0) is 127 Å². The molecule has 0 fully saturated rings. The van der Waals surface area contributed by atoms with Crippen LogP contribution in [0.25, 0.3) is 66.8 Å². The van der Waals surface area contributed by atoms with Crippen molar-refractivity contribution in [1.82, 2.24) is 0 Å². The molecule has 1 atom stereocenters. The maximum Gasteiger partial charge on any atom is 0.0973 e. The van der Waals surface area contributed by atoms with Crippen molar-refractivity contribution in [3.63, 3.8) is 0 Å². The molecule has 0 saturated carbocycles. The second kappa shape index (κ2) is 15.2. The minimum atomic E-state index is 0.00570. The molecule has 0 radical (unpaired) electrons. The molecule has 1 nitrogen and oxygen atoms in total. The Bertz CT molecular complexity index is 2790. The van der Waals surface area contributed by atoms with Crippen LogP contribution in [-0.4, -0.2) is 0 Å². The van der Waals surface area contributed by atoms with Crippen LogP contribution in [0.5, 0.6) is 0 Å². The van der Waals surface area contributed by atoms with Crippen LogP contribution in [-0.2, 0) is 5.41 Å². The number of benzene rings is 8. The first-order valence-corrected chi connectivity index (χ1v) is 20.6. The molecule has 1 unspecified atom stereocenters. The van der Waals surface area contributed by atoms with Crippen molar-refractivity contribution < 1.29 is 0 Å². The van der Waals surface area contributed by atoms with Crippen LogP contribution in [0.1, 0.15) is 31.4 Å². The Morgan fingerprint density at radius 1 is 0.373 bits per heavy atom. The molecule has 1 aliphatic carbocycles. The van der Waals surface area contributed by atoms with Gasteiger partial charge in [-0.1, -0.05) is 190 Å². The highest BCUT2D eigenvalue weighted by Crippen LogP contribution is 2.51. The van der Waals surface area contributed by atoms with Crippen LogP contribution in [0.3, 0.4) is 0 Å². The third-order valence-electron chi connectivity index (χ3n) is 12.3. The summed E-state index contributed by atoms with van der Waals surface area (Å²) in [5, 5.41) is 0. The standard InChI is InChI=1S/C58H43N/c1-3-58(2)56-22-14-13-21-53(56)54-37-31-48(39-57(54)58)45-23-25-47(26-24-45)52-38-36-51(40-55(52)46-19-11-6-12-20-46)59(49-32-27-43(28-33-49)41-15-7-4-8-16-41)50-34-29-44(30-35-50)42-17-9-5-10-18-42/h4-29,31-34,36-40H,3H2,1-2H3. The molecule has 1 heteroatoms. The summed E-state index contributed by atoms with van der Waals surface area (Å²) in [5.41, 5.74) is 20.3. The van der Waals surface area contributed by atoms with E-state index >= 15 is 0 Å². The van der Waals surface area contributed by atoms with Gasteiger partial charge in [0.15, 0.2) is 0 Å². The highest BCUT2D eigenvalue weighted by Gasteiger charge is 2.37. The van der Waals surface area contributed by atoms with Crippen LogP contribution in [0.4, 0.5) is 17.1 Å². The Morgan fingerprint density at radius 2 is 0.881 bits per heavy atom. The molecular formula is C58H43N. The highest BCUT2D eigenvalue weighted by atomic mass is 15.1. The molecule has 10 rings (SSSR count). The zero-order valence-electron chi connectivity index (χ0n) is 33.4. The van der Waals surface area contributed by atoms with E-state index in [-0.39, 0.29) is 5.41 Å². The number of fused-ring (bicyclic) bond motifs is 3. The molecule has 280 valence electrons. The summed E-state index contributed by atoms with van der Waals surface area (Å²) < 4.78 is 0. The first-order valence-electron chi connectivity index (χ1n) is 20.6. The fourth-order valence-electron chi connectivity index (χ4n) is 8.92. The topological polar surface area (TPSA) is 3.24 Å². The van der Waals surface area contributed by atoms with Gasteiger partial charge >= 0.3 is 0 Å². The maximum atomic E-state index is 3.54. The van der Waals surface area contributed by atoms with Crippen LogP contribution in [0.2, 0.25) is 0 Å². The van der Waals surface area contributed by atoms with Gasteiger partial charge in [-0.25, -0.2) is 0 Å². The quantitative estimate of drug-likeness (QED) is 0.142. The van der Waals surface area contributed by atoms with Crippen LogP contribution in [0.15, 0.2) is 212 Å². The Kier molecular flexibility index (Phi) is 9.25. The Balaban J connectivity index is 1.04. The van der Waals surface area contributed by atoms with Gasteiger partial charge in [0.05, 0.1) is 5.69 Å². The van der Waals surface area contributed by atoms with Crippen LogP contribution in [0, 0.1) is 12.1 Å². The summed E-state index contributed by atoms with van der Waals surface area (Å²) in [6.07, 6.45) is 1.06. The summed E-state index contributed by atoms with van der Waals surface area (Å²) >= 11 is 0. The highest BCUT2D eigenvalue weighted by molar-refractivity contribution is 5.90. The molecule has 0 heterocycles. The summed E-state index contributed by atoms with van der Waals surface area (Å²) in [5.74, 6) is 0. The average Bonchev–Trinajstić information content (AvgIpc) is 3.58. The molecular weight excluding hydrogens is 711 g/mol. The molecule has 0 aliphatic heterocycles.